The first-order valence-electron chi connectivity index (χ1n) is 10.2. The first kappa shape index (κ1) is 20.8. The van der Waals surface area contributed by atoms with Crippen molar-refractivity contribution < 1.29 is 23.8 Å². The highest BCUT2D eigenvalue weighted by molar-refractivity contribution is 7.22. The molecule has 0 saturated carbocycles. The molecule has 2 heterocycles. The molecule has 0 saturated heterocycles. The number of rotatable bonds is 6. The van der Waals surface area contributed by atoms with E-state index in [0.717, 1.165) is 15.8 Å². The van der Waals surface area contributed by atoms with E-state index >= 15 is 0 Å². The van der Waals surface area contributed by atoms with Gasteiger partial charge in [0.15, 0.2) is 16.6 Å². The molecule has 0 spiro atoms. The van der Waals surface area contributed by atoms with E-state index in [4.69, 9.17) is 19.9 Å². The number of nitrogens with zero attached hydrogens (tertiary/aromatic N) is 1. The lowest BCUT2D eigenvalue weighted by molar-refractivity contribution is 0.0994. The van der Waals surface area contributed by atoms with Gasteiger partial charge in [0, 0.05) is 17.7 Å². The van der Waals surface area contributed by atoms with E-state index in [-0.39, 0.29) is 12.5 Å². The van der Waals surface area contributed by atoms with Crippen molar-refractivity contribution >= 4 is 38.5 Å². The number of thiazole rings is 1. The molecule has 9 heteroatoms. The SMILES string of the molecule is NC(=O)c1ccccc1OCc1cccc(C(=O)Nc2nc3cc4c(cc3s2)OCCO4)c1. The minimum absolute atomic E-state index is 0.179. The molecule has 0 fully saturated rings. The zero-order valence-electron chi connectivity index (χ0n) is 17.4. The zero-order valence-corrected chi connectivity index (χ0v) is 18.2. The summed E-state index contributed by atoms with van der Waals surface area (Å²) in [6.07, 6.45) is 0. The molecular formula is C24H19N3O5S. The van der Waals surface area contributed by atoms with Crippen LogP contribution in [0.15, 0.2) is 60.7 Å². The van der Waals surface area contributed by atoms with Crippen LogP contribution in [0.2, 0.25) is 0 Å². The van der Waals surface area contributed by atoms with Gasteiger partial charge in [-0.05, 0) is 29.8 Å². The van der Waals surface area contributed by atoms with Crippen molar-refractivity contribution in [2.24, 2.45) is 5.73 Å². The number of nitrogens with one attached hydrogen (secondary N) is 1. The summed E-state index contributed by atoms with van der Waals surface area (Å²) in [5, 5.41) is 3.33. The molecule has 33 heavy (non-hydrogen) atoms. The van der Waals surface area contributed by atoms with Crippen molar-refractivity contribution in [1.29, 1.82) is 0 Å². The smallest absolute Gasteiger partial charge is 0.257 e. The first-order chi connectivity index (χ1) is 16.1. The summed E-state index contributed by atoms with van der Waals surface area (Å²) < 4.78 is 17.9. The van der Waals surface area contributed by atoms with E-state index in [1.807, 2.05) is 18.2 Å². The minimum atomic E-state index is -0.562. The Hall–Kier alpha value is -4.11. The van der Waals surface area contributed by atoms with Crippen molar-refractivity contribution in [2.45, 2.75) is 6.61 Å². The van der Waals surface area contributed by atoms with E-state index in [1.165, 1.54) is 11.3 Å². The molecule has 0 atom stereocenters. The second-order valence-electron chi connectivity index (χ2n) is 7.29. The highest BCUT2D eigenvalue weighted by Crippen LogP contribution is 2.37. The lowest BCUT2D eigenvalue weighted by Crippen LogP contribution is -2.15. The van der Waals surface area contributed by atoms with E-state index in [2.05, 4.69) is 10.3 Å². The zero-order chi connectivity index (χ0) is 22.8. The van der Waals surface area contributed by atoms with Crippen molar-refractivity contribution in [2.75, 3.05) is 18.5 Å². The van der Waals surface area contributed by atoms with Gasteiger partial charge in [-0.2, -0.15) is 0 Å². The molecule has 4 aromatic rings. The van der Waals surface area contributed by atoms with E-state index in [1.54, 1.807) is 42.5 Å². The van der Waals surface area contributed by atoms with E-state index < -0.39 is 5.91 Å². The topological polar surface area (TPSA) is 113 Å². The van der Waals surface area contributed by atoms with Gasteiger partial charge in [0.2, 0.25) is 0 Å². The van der Waals surface area contributed by atoms with Crippen LogP contribution >= 0.6 is 11.3 Å². The van der Waals surface area contributed by atoms with Crippen molar-refractivity contribution in [3.8, 4) is 17.2 Å². The van der Waals surface area contributed by atoms with Gasteiger partial charge in [-0.25, -0.2) is 4.98 Å². The second-order valence-corrected chi connectivity index (χ2v) is 8.32. The lowest BCUT2D eigenvalue weighted by atomic mass is 10.1. The first-order valence-corrected chi connectivity index (χ1v) is 11.0. The van der Waals surface area contributed by atoms with Gasteiger partial charge in [0.05, 0.1) is 15.8 Å². The molecule has 8 nitrogen and oxygen atoms in total. The number of fused-ring (bicyclic) bond motifs is 2. The van der Waals surface area contributed by atoms with E-state index in [9.17, 15) is 9.59 Å². The van der Waals surface area contributed by atoms with Crippen LogP contribution in [-0.2, 0) is 6.61 Å². The molecule has 1 aliphatic rings. The van der Waals surface area contributed by atoms with Crippen LogP contribution in [0.1, 0.15) is 26.3 Å². The van der Waals surface area contributed by atoms with Crippen LogP contribution in [-0.4, -0.2) is 30.0 Å². The van der Waals surface area contributed by atoms with Crippen LogP contribution < -0.4 is 25.3 Å². The number of anilines is 1. The van der Waals surface area contributed by atoms with Crippen LogP contribution in [0.3, 0.4) is 0 Å². The number of hydrogen-bond donors (Lipinski definition) is 2. The summed E-state index contributed by atoms with van der Waals surface area (Å²) in [6, 6.07) is 17.5. The number of amides is 2. The van der Waals surface area contributed by atoms with Gasteiger partial charge in [-0.3, -0.25) is 14.9 Å². The molecular weight excluding hydrogens is 442 g/mol. The third-order valence-corrected chi connectivity index (χ3v) is 5.94. The maximum Gasteiger partial charge on any atom is 0.257 e. The Morgan fingerprint density at radius 2 is 1.82 bits per heavy atom. The van der Waals surface area contributed by atoms with Gasteiger partial charge in [-0.15, -0.1) is 0 Å². The highest BCUT2D eigenvalue weighted by atomic mass is 32.1. The molecule has 166 valence electrons. The molecule has 3 N–H and O–H groups in total. The van der Waals surface area contributed by atoms with Gasteiger partial charge < -0.3 is 19.9 Å². The summed E-state index contributed by atoms with van der Waals surface area (Å²) in [4.78, 5) is 28.9. The predicted octanol–water partition coefficient (Wildman–Crippen LogP) is 4.00. The number of para-hydroxylation sites is 1. The molecule has 1 aromatic heterocycles. The molecule has 2 amide bonds. The number of hydrogen-bond acceptors (Lipinski definition) is 7. The summed E-state index contributed by atoms with van der Waals surface area (Å²) in [6.45, 7) is 1.19. The molecule has 0 unspecified atom stereocenters. The van der Waals surface area contributed by atoms with Crippen molar-refractivity contribution in [3.05, 3.63) is 77.4 Å². The van der Waals surface area contributed by atoms with Crippen LogP contribution in [0.25, 0.3) is 10.2 Å². The van der Waals surface area contributed by atoms with Crippen molar-refractivity contribution in [1.82, 2.24) is 4.98 Å². The van der Waals surface area contributed by atoms with Gasteiger partial charge in [-0.1, -0.05) is 35.6 Å². The average Bonchev–Trinajstić information content (AvgIpc) is 3.22. The number of aromatic nitrogens is 1. The van der Waals surface area contributed by atoms with Crippen LogP contribution in [0, 0.1) is 0 Å². The number of ether oxygens (including phenoxy) is 3. The summed E-state index contributed by atoms with van der Waals surface area (Å²) in [7, 11) is 0. The summed E-state index contributed by atoms with van der Waals surface area (Å²) in [5.74, 6) is 0.882. The second kappa shape index (κ2) is 8.79. The Bertz CT molecular complexity index is 1320. The maximum atomic E-state index is 12.8. The Balaban J connectivity index is 1.30. The third kappa shape index (κ3) is 4.44. The number of primary amides is 1. The lowest BCUT2D eigenvalue weighted by Gasteiger charge is -2.17. The fourth-order valence-electron chi connectivity index (χ4n) is 3.45. The quantitative estimate of drug-likeness (QED) is 0.449. The van der Waals surface area contributed by atoms with Crippen molar-refractivity contribution in [3.63, 3.8) is 0 Å². The molecule has 1 aliphatic heterocycles. The minimum Gasteiger partial charge on any atom is -0.488 e. The molecule has 0 aliphatic carbocycles. The fourth-order valence-corrected chi connectivity index (χ4v) is 4.32. The fraction of sp³-hybridized carbons (Fsp3) is 0.125. The standard InChI is InChI=1S/C24H19N3O5S/c25-22(28)16-6-1-2-7-18(16)32-13-14-4-3-5-15(10-14)23(29)27-24-26-17-11-19-20(12-21(17)33-24)31-9-8-30-19/h1-7,10-12H,8-9,13H2,(H2,25,28)(H,26,27,29). The third-order valence-electron chi connectivity index (χ3n) is 5.01. The molecule has 0 radical (unpaired) electrons. The monoisotopic (exact) mass is 461 g/mol. The predicted molar refractivity (Wildman–Crippen MR) is 124 cm³/mol. The van der Waals surface area contributed by atoms with Gasteiger partial charge in [0.25, 0.3) is 11.8 Å². The van der Waals surface area contributed by atoms with Crippen LogP contribution in [0.5, 0.6) is 17.2 Å². The Kier molecular flexibility index (Phi) is 5.54. The Labute approximate surface area is 192 Å². The number of benzene rings is 3. The maximum absolute atomic E-state index is 12.8. The van der Waals surface area contributed by atoms with E-state index in [0.29, 0.717) is 46.7 Å². The Morgan fingerprint density at radius 1 is 1.03 bits per heavy atom. The molecule has 0 bridgehead atoms. The Morgan fingerprint density at radius 3 is 2.64 bits per heavy atom. The number of carbonyl (C=O) groups excluding carboxylic acids is 2. The van der Waals surface area contributed by atoms with Crippen LogP contribution in [0.4, 0.5) is 5.13 Å². The summed E-state index contributed by atoms with van der Waals surface area (Å²) in [5.41, 5.74) is 7.66. The van der Waals surface area contributed by atoms with Gasteiger partial charge >= 0.3 is 0 Å². The average molecular weight is 461 g/mol. The normalized spacial score (nSPS) is 12.4. The summed E-state index contributed by atoms with van der Waals surface area (Å²) >= 11 is 1.36. The molecule has 5 rings (SSSR count). The van der Waals surface area contributed by atoms with Gasteiger partial charge in [0.1, 0.15) is 25.6 Å². The largest absolute Gasteiger partial charge is 0.488 e. The number of carbonyl (C=O) groups is 2. The highest BCUT2D eigenvalue weighted by Gasteiger charge is 2.17. The molecule has 3 aromatic carbocycles. The number of nitrogens with two attached hydrogens (primary N) is 1.